The minimum Gasteiger partial charge on any atom is -0.392 e. The summed E-state index contributed by atoms with van der Waals surface area (Å²) in [7, 11) is 0. The lowest BCUT2D eigenvalue weighted by Crippen LogP contribution is -2.51. The van der Waals surface area contributed by atoms with E-state index < -0.39 is 6.29 Å². The van der Waals surface area contributed by atoms with Gasteiger partial charge in [0.05, 0.1) is 23.7 Å². The zero-order valence-corrected chi connectivity index (χ0v) is 29.7. The topological polar surface area (TPSA) is 117 Å². The van der Waals surface area contributed by atoms with Crippen molar-refractivity contribution in [1.82, 2.24) is 10.2 Å². The summed E-state index contributed by atoms with van der Waals surface area (Å²) < 4.78 is 13.6. The highest BCUT2D eigenvalue weighted by molar-refractivity contribution is 5.94. The summed E-state index contributed by atoms with van der Waals surface area (Å²) in [6.07, 6.45) is -0.955. The number of carbonyl (C=O) groups excluding carboxylic acids is 1. The van der Waals surface area contributed by atoms with Crippen LogP contribution < -0.4 is 10.2 Å². The normalized spacial score (nSPS) is 20.5. The molecular formula is C43H44N4O6. The molecule has 0 aliphatic carbocycles. The van der Waals surface area contributed by atoms with Gasteiger partial charge in [-0.3, -0.25) is 19.8 Å². The van der Waals surface area contributed by atoms with E-state index in [1.807, 2.05) is 78.9 Å². The number of nitro groups is 1. The summed E-state index contributed by atoms with van der Waals surface area (Å²) in [5.41, 5.74) is 7.56. The zero-order chi connectivity index (χ0) is 36.7. The summed E-state index contributed by atoms with van der Waals surface area (Å²) in [6, 6.07) is 40.4. The average molecular weight is 713 g/mol. The Morgan fingerprint density at radius 3 is 2.19 bits per heavy atom. The number of carbonyl (C=O) groups is 1. The van der Waals surface area contributed by atoms with Crippen molar-refractivity contribution < 1.29 is 24.3 Å². The lowest BCUT2D eigenvalue weighted by atomic mass is 9.89. The maximum absolute atomic E-state index is 12.7. The zero-order valence-electron chi connectivity index (χ0n) is 29.7. The van der Waals surface area contributed by atoms with Gasteiger partial charge in [-0.2, -0.15) is 0 Å². The van der Waals surface area contributed by atoms with E-state index in [1.54, 1.807) is 24.3 Å². The van der Waals surface area contributed by atoms with E-state index >= 15 is 0 Å². The second kappa shape index (κ2) is 16.5. The van der Waals surface area contributed by atoms with Gasteiger partial charge in [-0.15, -0.1) is 0 Å². The maximum atomic E-state index is 12.7. The number of piperazine rings is 1. The highest BCUT2D eigenvalue weighted by atomic mass is 16.7. The fourth-order valence-electron chi connectivity index (χ4n) is 7.16. The maximum Gasteiger partial charge on any atom is 0.269 e. The van der Waals surface area contributed by atoms with Crippen LogP contribution in [0.3, 0.4) is 0 Å². The molecule has 0 aromatic heterocycles. The van der Waals surface area contributed by atoms with Crippen molar-refractivity contribution in [2.75, 3.05) is 37.6 Å². The molecule has 0 spiro atoms. The van der Waals surface area contributed by atoms with Crippen LogP contribution >= 0.6 is 0 Å². The van der Waals surface area contributed by atoms with Crippen molar-refractivity contribution in [2.45, 2.75) is 38.6 Å². The van der Waals surface area contributed by atoms with Gasteiger partial charge in [-0.05, 0) is 64.2 Å². The summed E-state index contributed by atoms with van der Waals surface area (Å²) in [6.45, 7) is 6.59. The van der Waals surface area contributed by atoms with E-state index in [0.717, 1.165) is 71.8 Å². The third-order valence-electron chi connectivity index (χ3n) is 10.3. The Balaban J connectivity index is 1.07. The molecule has 0 unspecified atom stereocenters. The molecule has 10 nitrogen and oxygen atoms in total. The van der Waals surface area contributed by atoms with E-state index in [1.165, 1.54) is 0 Å². The lowest BCUT2D eigenvalue weighted by molar-refractivity contribution is -0.384. The van der Waals surface area contributed by atoms with Crippen LogP contribution in [0.4, 0.5) is 11.4 Å². The van der Waals surface area contributed by atoms with Gasteiger partial charge in [0.15, 0.2) is 6.29 Å². The Morgan fingerprint density at radius 2 is 1.49 bits per heavy atom. The van der Waals surface area contributed by atoms with Gasteiger partial charge in [-0.1, -0.05) is 85.8 Å². The summed E-state index contributed by atoms with van der Waals surface area (Å²) in [5, 5.41) is 23.8. The van der Waals surface area contributed by atoms with Crippen molar-refractivity contribution in [3.05, 3.63) is 165 Å². The Labute approximate surface area is 309 Å². The van der Waals surface area contributed by atoms with Crippen LogP contribution in [0.5, 0.6) is 0 Å². The number of anilines is 1. The first-order valence-corrected chi connectivity index (χ1v) is 18.1. The number of nitrogens with zero attached hydrogens (tertiary/aromatic N) is 3. The Kier molecular flexibility index (Phi) is 11.2. The third-order valence-corrected chi connectivity index (χ3v) is 10.3. The van der Waals surface area contributed by atoms with Crippen LogP contribution in [0, 0.1) is 16.0 Å². The molecule has 0 bridgehead atoms. The van der Waals surface area contributed by atoms with Crippen molar-refractivity contribution in [3.8, 4) is 11.1 Å². The quantitative estimate of drug-likeness (QED) is 0.108. The number of ether oxygens (including phenoxy) is 2. The third kappa shape index (κ3) is 8.64. The Bertz CT molecular complexity index is 2000. The van der Waals surface area contributed by atoms with Crippen LogP contribution in [-0.4, -0.2) is 59.7 Å². The van der Waals surface area contributed by atoms with Crippen molar-refractivity contribution in [3.63, 3.8) is 0 Å². The molecule has 2 aliphatic heterocycles. The lowest BCUT2D eigenvalue weighted by Gasteiger charge is -2.44. The first-order valence-electron chi connectivity index (χ1n) is 18.1. The van der Waals surface area contributed by atoms with Crippen LogP contribution in [0.1, 0.15) is 51.9 Å². The minimum absolute atomic E-state index is 0.0189. The van der Waals surface area contributed by atoms with Crippen molar-refractivity contribution in [2.24, 2.45) is 5.92 Å². The van der Waals surface area contributed by atoms with E-state index in [9.17, 15) is 20.0 Å². The van der Waals surface area contributed by atoms with Crippen LogP contribution in [0.15, 0.2) is 127 Å². The number of benzene rings is 5. The van der Waals surface area contributed by atoms with Gasteiger partial charge in [0.2, 0.25) is 0 Å². The molecule has 2 aliphatic rings. The van der Waals surface area contributed by atoms with Crippen LogP contribution in [0.2, 0.25) is 0 Å². The number of hydrogen-bond donors (Lipinski definition) is 2. The molecule has 5 aromatic rings. The first-order chi connectivity index (χ1) is 25.8. The van der Waals surface area contributed by atoms with Gasteiger partial charge in [0.1, 0.15) is 0 Å². The van der Waals surface area contributed by atoms with Gasteiger partial charge < -0.3 is 24.8 Å². The van der Waals surface area contributed by atoms with Crippen molar-refractivity contribution in [1.29, 1.82) is 0 Å². The molecule has 272 valence electrons. The number of non-ortho nitro benzene ring substituents is 1. The number of rotatable bonds is 11. The van der Waals surface area contributed by atoms with E-state index in [-0.39, 0.29) is 41.3 Å². The van der Waals surface area contributed by atoms with Gasteiger partial charge in [0, 0.05) is 74.1 Å². The smallest absolute Gasteiger partial charge is 0.269 e. The Hall–Kier alpha value is -5.39. The monoisotopic (exact) mass is 712 g/mol. The number of nitro benzene ring substituents is 1. The molecule has 53 heavy (non-hydrogen) atoms. The van der Waals surface area contributed by atoms with Gasteiger partial charge in [0.25, 0.3) is 11.6 Å². The van der Waals surface area contributed by atoms with Gasteiger partial charge in [-0.25, -0.2) is 0 Å². The molecule has 2 saturated heterocycles. The molecule has 10 heteroatoms. The van der Waals surface area contributed by atoms with Crippen molar-refractivity contribution >= 4 is 17.3 Å². The molecule has 5 aromatic carbocycles. The summed E-state index contributed by atoms with van der Waals surface area (Å²) in [4.78, 5) is 28.1. The largest absolute Gasteiger partial charge is 0.392 e. The molecule has 7 rings (SSSR count). The first kappa shape index (κ1) is 36.0. The number of aliphatic hydroxyl groups is 1. The number of nitrogens with one attached hydrogen (secondary N) is 1. The highest BCUT2D eigenvalue weighted by Gasteiger charge is 2.39. The molecule has 2 N–H and O–H groups in total. The molecule has 4 atom stereocenters. The van der Waals surface area contributed by atoms with E-state index in [0.29, 0.717) is 12.1 Å². The summed E-state index contributed by atoms with van der Waals surface area (Å²) >= 11 is 0. The van der Waals surface area contributed by atoms with Gasteiger partial charge >= 0.3 is 0 Å². The predicted octanol–water partition coefficient (Wildman–Crippen LogP) is 7.30. The molecule has 1 amide bonds. The second-order valence-corrected chi connectivity index (χ2v) is 13.8. The number of amides is 1. The van der Waals surface area contributed by atoms with Crippen LogP contribution in [0.25, 0.3) is 11.1 Å². The average Bonchev–Trinajstić information content (AvgIpc) is 3.21. The fraction of sp³-hybridized carbons (Fsp3) is 0.279. The number of hydrogen-bond acceptors (Lipinski definition) is 8. The highest BCUT2D eigenvalue weighted by Crippen LogP contribution is 2.42. The molecule has 0 saturated carbocycles. The molecular weight excluding hydrogens is 668 g/mol. The minimum atomic E-state index is -0.603. The molecule has 0 radical (unpaired) electrons. The molecule has 2 fully saturated rings. The SMILES string of the molecule is C[C@H]1[C@@H](CN2CCN(c3ccc([N+](=O)[O-])cc3)CC2)O[C@@H](c2cccc(-c3cccc(CNC(=O)c4ccccc4)c3)c2)O[C@H]1c1ccc(CO)cc1. The molecule has 2 heterocycles. The summed E-state index contributed by atoms with van der Waals surface area (Å²) in [5.74, 6) is -0.0646. The Morgan fingerprint density at radius 1 is 0.792 bits per heavy atom. The second-order valence-electron chi connectivity index (χ2n) is 13.8. The number of aliphatic hydroxyl groups excluding tert-OH is 1. The van der Waals surface area contributed by atoms with E-state index in [2.05, 4.69) is 46.3 Å². The predicted molar refractivity (Wildman–Crippen MR) is 204 cm³/mol. The fourth-order valence-corrected chi connectivity index (χ4v) is 7.16. The van der Waals surface area contributed by atoms with E-state index in [4.69, 9.17) is 9.47 Å². The standard InChI is InChI=1S/C43H44N4O6/c1-30-40(28-45-21-23-46(24-22-45)38-17-19-39(20-18-38)47(50)51)52-43(53-41(30)33-15-13-31(29-48)14-16-33)37-12-6-11-36(26-37)35-10-5-7-32(25-35)27-44-42(49)34-8-3-2-4-9-34/h2-20,25-26,30,40-41,43,48H,21-24,27-29H2,1H3,(H,44,49)/t30-,40+,41+,43+/m0/s1. The van der Waals surface area contributed by atoms with Crippen LogP contribution in [-0.2, 0) is 22.6 Å².